The summed E-state index contributed by atoms with van der Waals surface area (Å²) >= 11 is 0. The Kier molecular flexibility index (Phi) is 3.34. The molecule has 0 aliphatic carbocycles. The van der Waals surface area contributed by atoms with E-state index in [-0.39, 0.29) is 5.71 Å². The molecule has 0 saturated carbocycles. The SMILES string of the molecule is N#CC(C#N)=NNc1ccc2ncccc2c1C#N. The van der Waals surface area contributed by atoms with Crippen molar-refractivity contribution < 1.29 is 0 Å². The Balaban J connectivity index is 2.52. The second kappa shape index (κ2) is 5.27. The number of nitrogens with one attached hydrogen (secondary N) is 1. The van der Waals surface area contributed by atoms with Crippen LogP contribution in [0.25, 0.3) is 10.9 Å². The van der Waals surface area contributed by atoms with Gasteiger partial charge >= 0.3 is 0 Å². The summed E-state index contributed by atoms with van der Waals surface area (Å²) < 4.78 is 0. The highest BCUT2D eigenvalue weighted by Crippen LogP contribution is 2.24. The Morgan fingerprint density at radius 3 is 2.63 bits per heavy atom. The molecule has 6 heteroatoms. The first-order valence-electron chi connectivity index (χ1n) is 5.22. The number of rotatable bonds is 2. The van der Waals surface area contributed by atoms with Gasteiger partial charge in [-0.3, -0.25) is 10.4 Å². The largest absolute Gasteiger partial charge is 0.275 e. The molecule has 0 radical (unpaired) electrons. The molecular weight excluding hydrogens is 240 g/mol. The summed E-state index contributed by atoms with van der Waals surface area (Å²) in [6, 6.07) is 12.2. The number of pyridine rings is 1. The van der Waals surface area contributed by atoms with Crippen molar-refractivity contribution in [2.24, 2.45) is 5.10 Å². The summed E-state index contributed by atoms with van der Waals surface area (Å²) in [5.74, 6) is 0. The molecule has 0 amide bonds. The molecule has 0 aliphatic heterocycles. The maximum atomic E-state index is 9.20. The van der Waals surface area contributed by atoms with Gasteiger partial charge in [0, 0.05) is 11.6 Å². The number of hydrogen-bond acceptors (Lipinski definition) is 6. The van der Waals surface area contributed by atoms with Crippen molar-refractivity contribution in [1.29, 1.82) is 15.8 Å². The summed E-state index contributed by atoms with van der Waals surface area (Å²) in [5.41, 5.74) is 3.72. The van der Waals surface area contributed by atoms with Crippen molar-refractivity contribution in [3.05, 3.63) is 36.0 Å². The number of anilines is 1. The van der Waals surface area contributed by atoms with Gasteiger partial charge in [0.2, 0.25) is 5.71 Å². The van der Waals surface area contributed by atoms with Gasteiger partial charge in [-0.15, -0.1) is 0 Å². The minimum atomic E-state index is -0.310. The van der Waals surface area contributed by atoms with Crippen LogP contribution >= 0.6 is 0 Å². The van der Waals surface area contributed by atoms with Crippen LogP contribution in [0.1, 0.15) is 5.56 Å². The fraction of sp³-hybridized carbons (Fsp3) is 0. The number of fused-ring (bicyclic) bond motifs is 1. The monoisotopic (exact) mass is 246 g/mol. The van der Waals surface area contributed by atoms with Crippen LogP contribution in [0.5, 0.6) is 0 Å². The molecule has 88 valence electrons. The molecule has 0 bridgehead atoms. The fourth-order valence-electron chi connectivity index (χ4n) is 1.56. The van der Waals surface area contributed by atoms with E-state index in [0.29, 0.717) is 22.2 Å². The lowest BCUT2D eigenvalue weighted by molar-refractivity contribution is 1.32. The molecule has 0 atom stereocenters. The third-order valence-electron chi connectivity index (χ3n) is 2.40. The molecule has 0 saturated heterocycles. The van der Waals surface area contributed by atoms with E-state index in [1.807, 2.05) is 0 Å². The Morgan fingerprint density at radius 1 is 1.16 bits per heavy atom. The maximum Gasteiger partial charge on any atom is 0.237 e. The zero-order chi connectivity index (χ0) is 13.7. The summed E-state index contributed by atoms with van der Waals surface area (Å²) in [7, 11) is 0. The van der Waals surface area contributed by atoms with E-state index < -0.39 is 0 Å². The molecule has 0 aliphatic rings. The molecule has 1 N–H and O–H groups in total. The average molecular weight is 246 g/mol. The molecule has 1 aromatic heterocycles. The lowest BCUT2D eigenvalue weighted by Gasteiger charge is -2.05. The second-order valence-electron chi connectivity index (χ2n) is 3.47. The van der Waals surface area contributed by atoms with Crippen molar-refractivity contribution in [2.45, 2.75) is 0 Å². The zero-order valence-electron chi connectivity index (χ0n) is 9.62. The maximum absolute atomic E-state index is 9.20. The van der Waals surface area contributed by atoms with Crippen LogP contribution in [-0.4, -0.2) is 10.7 Å². The lowest BCUT2D eigenvalue weighted by atomic mass is 10.1. The Morgan fingerprint density at radius 2 is 1.95 bits per heavy atom. The van der Waals surface area contributed by atoms with Gasteiger partial charge in [0.1, 0.15) is 18.2 Å². The first-order chi connectivity index (χ1) is 9.30. The predicted octanol–water partition coefficient (Wildman–Crippen LogP) is 1.92. The quantitative estimate of drug-likeness (QED) is 0.643. The third-order valence-corrected chi connectivity index (χ3v) is 2.40. The number of aromatic nitrogens is 1. The van der Waals surface area contributed by atoms with Crippen LogP contribution < -0.4 is 5.43 Å². The van der Waals surface area contributed by atoms with Crippen LogP contribution in [0, 0.1) is 34.0 Å². The summed E-state index contributed by atoms with van der Waals surface area (Å²) in [6.45, 7) is 0. The number of hydrazone groups is 1. The predicted molar refractivity (Wildman–Crippen MR) is 68.7 cm³/mol. The summed E-state index contributed by atoms with van der Waals surface area (Å²) in [6.07, 6.45) is 1.64. The first kappa shape index (κ1) is 12.0. The third kappa shape index (κ3) is 2.31. The topological polar surface area (TPSA) is 109 Å². The van der Waals surface area contributed by atoms with Gasteiger partial charge < -0.3 is 0 Å². The van der Waals surface area contributed by atoms with Gasteiger partial charge in [-0.25, -0.2) is 0 Å². The second-order valence-corrected chi connectivity index (χ2v) is 3.47. The van der Waals surface area contributed by atoms with Crippen molar-refractivity contribution >= 4 is 22.3 Å². The molecule has 0 spiro atoms. The van der Waals surface area contributed by atoms with Gasteiger partial charge in [0.25, 0.3) is 0 Å². The molecule has 1 aromatic carbocycles. The number of nitriles is 3. The normalized spacial score (nSPS) is 8.89. The van der Waals surface area contributed by atoms with Gasteiger partial charge in [-0.2, -0.15) is 20.9 Å². The first-order valence-corrected chi connectivity index (χ1v) is 5.22. The molecular formula is C13H6N6. The van der Waals surface area contributed by atoms with E-state index in [2.05, 4.69) is 21.6 Å². The van der Waals surface area contributed by atoms with Gasteiger partial charge in [0.05, 0.1) is 16.8 Å². The standard InChI is InChI=1S/C13H6N6/c14-6-9(7-15)18-19-13-4-3-12-10(11(13)8-16)2-1-5-17-12/h1-5,19H. The van der Waals surface area contributed by atoms with Gasteiger partial charge in [0.15, 0.2) is 0 Å². The number of nitrogens with zero attached hydrogens (tertiary/aromatic N) is 5. The smallest absolute Gasteiger partial charge is 0.237 e. The molecule has 0 unspecified atom stereocenters. The van der Waals surface area contributed by atoms with Crippen molar-refractivity contribution in [2.75, 3.05) is 5.43 Å². The van der Waals surface area contributed by atoms with Crippen LogP contribution in [-0.2, 0) is 0 Å². The molecule has 0 fully saturated rings. The van der Waals surface area contributed by atoms with Crippen molar-refractivity contribution in [3.63, 3.8) is 0 Å². The van der Waals surface area contributed by atoms with E-state index in [9.17, 15) is 5.26 Å². The van der Waals surface area contributed by atoms with E-state index >= 15 is 0 Å². The molecule has 2 aromatic rings. The van der Waals surface area contributed by atoms with Crippen LogP contribution in [0.15, 0.2) is 35.6 Å². The van der Waals surface area contributed by atoms with Crippen molar-refractivity contribution in [1.82, 2.24) is 4.98 Å². The van der Waals surface area contributed by atoms with E-state index in [1.54, 1.807) is 42.6 Å². The minimum absolute atomic E-state index is 0.310. The van der Waals surface area contributed by atoms with E-state index in [4.69, 9.17) is 10.5 Å². The van der Waals surface area contributed by atoms with Crippen LogP contribution in [0.3, 0.4) is 0 Å². The number of hydrogen-bond donors (Lipinski definition) is 1. The van der Waals surface area contributed by atoms with Crippen LogP contribution in [0.4, 0.5) is 5.69 Å². The highest BCUT2D eigenvalue weighted by Gasteiger charge is 2.07. The lowest BCUT2D eigenvalue weighted by Crippen LogP contribution is -1.98. The Bertz CT molecular complexity index is 769. The molecule has 2 rings (SSSR count). The van der Waals surface area contributed by atoms with Gasteiger partial charge in [-0.1, -0.05) is 0 Å². The Hall–Kier alpha value is -3.43. The van der Waals surface area contributed by atoms with E-state index in [0.717, 1.165) is 0 Å². The summed E-state index contributed by atoms with van der Waals surface area (Å²) in [5, 5.41) is 30.7. The molecule has 6 nitrogen and oxygen atoms in total. The number of benzene rings is 1. The highest BCUT2D eigenvalue weighted by molar-refractivity contribution is 6.10. The van der Waals surface area contributed by atoms with Crippen molar-refractivity contribution in [3.8, 4) is 18.2 Å². The van der Waals surface area contributed by atoms with Gasteiger partial charge in [-0.05, 0) is 24.3 Å². The summed E-state index contributed by atoms with van der Waals surface area (Å²) in [4.78, 5) is 4.14. The van der Waals surface area contributed by atoms with Crippen LogP contribution in [0.2, 0.25) is 0 Å². The fourth-order valence-corrected chi connectivity index (χ4v) is 1.56. The van der Waals surface area contributed by atoms with E-state index in [1.165, 1.54) is 0 Å². The molecule has 19 heavy (non-hydrogen) atoms. The minimum Gasteiger partial charge on any atom is -0.275 e. The highest BCUT2D eigenvalue weighted by atomic mass is 15.3. The average Bonchev–Trinajstić information content (AvgIpc) is 2.47. The zero-order valence-corrected chi connectivity index (χ0v) is 9.62. The molecule has 1 heterocycles. The Labute approximate surface area is 108 Å².